The number of carbonyl (C=O) groups excluding carboxylic acids is 3. The summed E-state index contributed by atoms with van der Waals surface area (Å²) in [5.74, 6) is 0.458. The van der Waals surface area contributed by atoms with Gasteiger partial charge in [-0.1, -0.05) is 6.07 Å². The molecule has 2 saturated heterocycles. The zero-order chi connectivity index (χ0) is 18.3. The van der Waals surface area contributed by atoms with Gasteiger partial charge in [0.15, 0.2) is 11.5 Å². The van der Waals surface area contributed by atoms with Crippen LogP contribution in [0.25, 0.3) is 0 Å². The first-order chi connectivity index (χ1) is 12.5. The predicted octanol–water partition coefficient (Wildman–Crippen LogP) is -0.356. The van der Waals surface area contributed by atoms with Gasteiger partial charge in [0.05, 0.1) is 12.6 Å². The van der Waals surface area contributed by atoms with Gasteiger partial charge in [0.25, 0.3) is 5.91 Å². The number of rotatable bonds is 3. The Morgan fingerprint density at radius 2 is 2.08 bits per heavy atom. The summed E-state index contributed by atoms with van der Waals surface area (Å²) >= 11 is 0. The van der Waals surface area contributed by atoms with E-state index in [4.69, 9.17) is 9.47 Å². The first-order valence-electron chi connectivity index (χ1n) is 8.46. The number of hydrogen-bond donors (Lipinski definition) is 2. The highest BCUT2D eigenvalue weighted by Gasteiger charge is 2.35. The average molecular weight is 361 g/mol. The highest BCUT2D eigenvalue weighted by Crippen LogP contribution is 2.37. The van der Waals surface area contributed by atoms with E-state index in [0.717, 1.165) is 10.5 Å². The molecule has 1 aromatic carbocycles. The standard InChI is InChI=1S/C17H19N3O6/c21-12-7-19(16(23)8-20-15(22)6-18-17(20)24)4-3-11(12)10-1-2-13-14(5-10)26-9-25-13/h1-2,5,11-12,21H,3-4,6-9H2,(H,18,24)/t11-,12+/m0/s1. The average Bonchev–Trinajstić information content (AvgIpc) is 3.22. The molecule has 0 aromatic heterocycles. The number of nitrogens with one attached hydrogen (secondary N) is 1. The fourth-order valence-electron chi connectivity index (χ4n) is 3.54. The van der Waals surface area contributed by atoms with E-state index in [9.17, 15) is 19.5 Å². The number of piperidine rings is 1. The second-order valence-corrected chi connectivity index (χ2v) is 6.55. The minimum Gasteiger partial charge on any atom is -0.454 e. The van der Waals surface area contributed by atoms with E-state index >= 15 is 0 Å². The highest BCUT2D eigenvalue weighted by atomic mass is 16.7. The van der Waals surface area contributed by atoms with Gasteiger partial charge in [0.2, 0.25) is 12.7 Å². The van der Waals surface area contributed by atoms with Crippen molar-refractivity contribution in [2.45, 2.75) is 18.4 Å². The van der Waals surface area contributed by atoms with Gasteiger partial charge < -0.3 is 24.8 Å². The Hall–Kier alpha value is -2.81. The molecule has 26 heavy (non-hydrogen) atoms. The lowest BCUT2D eigenvalue weighted by molar-refractivity contribution is -0.139. The third-order valence-corrected chi connectivity index (χ3v) is 4.99. The van der Waals surface area contributed by atoms with Crippen LogP contribution in [0.2, 0.25) is 0 Å². The number of hydrogen-bond acceptors (Lipinski definition) is 6. The number of urea groups is 1. The van der Waals surface area contributed by atoms with E-state index in [1.807, 2.05) is 18.2 Å². The van der Waals surface area contributed by atoms with E-state index in [2.05, 4.69) is 5.32 Å². The molecule has 3 aliphatic rings. The number of fused-ring (bicyclic) bond motifs is 1. The van der Waals surface area contributed by atoms with Crippen LogP contribution in [0.4, 0.5) is 4.79 Å². The van der Waals surface area contributed by atoms with Gasteiger partial charge in [-0.05, 0) is 24.1 Å². The fourth-order valence-corrected chi connectivity index (χ4v) is 3.54. The van der Waals surface area contributed by atoms with E-state index in [1.54, 1.807) is 0 Å². The van der Waals surface area contributed by atoms with Crippen molar-refractivity contribution in [2.75, 3.05) is 33.0 Å². The van der Waals surface area contributed by atoms with Gasteiger partial charge in [0.1, 0.15) is 6.54 Å². The van der Waals surface area contributed by atoms with Gasteiger partial charge in [-0.25, -0.2) is 4.79 Å². The molecule has 0 radical (unpaired) electrons. The summed E-state index contributed by atoms with van der Waals surface area (Å²) in [6.45, 7) is 0.407. The van der Waals surface area contributed by atoms with Crippen molar-refractivity contribution in [1.29, 1.82) is 0 Å². The summed E-state index contributed by atoms with van der Waals surface area (Å²) in [6.07, 6.45) is -0.164. The maximum Gasteiger partial charge on any atom is 0.325 e. The lowest BCUT2D eigenvalue weighted by atomic mass is 9.87. The van der Waals surface area contributed by atoms with Crippen LogP contribution in [0, 0.1) is 0 Å². The Labute approximate surface area is 149 Å². The minimum absolute atomic E-state index is 0.0824. The number of aliphatic hydroxyl groups excluding tert-OH is 1. The van der Waals surface area contributed by atoms with Gasteiger partial charge in [-0.15, -0.1) is 0 Å². The molecule has 0 bridgehead atoms. The number of nitrogens with zero attached hydrogens (tertiary/aromatic N) is 2. The third kappa shape index (κ3) is 2.94. The number of β-amino-alcohol motifs (C(OH)–C–C–N with tert-alkyl or cyclic N) is 1. The summed E-state index contributed by atoms with van der Waals surface area (Å²) in [5.41, 5.74) is 0.933. The highest BCUT2D eigenvalue weighted by molar-refractivity contribution is 6.04. The number of ether oxygens (including phenoxy) is 2. The molecular weight excluding hydrogens is 342 g/mol. The second-order valence-electron chi connectivity index (χ2n) is 6.55. The molecule has 0 unspecified atom stereocenters. The lowest BCUT2D eigenvalue weighted by Crippen LogP contribution is -2.50. The Morgan fingerprint density at radius 3 is 2.81 bits per heavy atom. The third-order valence-electron chi connectivity index (χ3n) is 4.99. The van der Waals surface area contributed by atoms with Crippen LogP contribution in [0.5, 0.6) is 11.5 Å². The molecule has 138 valence electrons. The van der Waals surface area contributed by atoms with Gasteiger partial charge in [0, 0.05) is 19.0 Å². The van der Waals surface area contributed by atoms with Crippen LogP contribution in [0.3, 0.4) is 0 Å². The Kier molecular flexibility index (Phi) is 4.15. The van der Waals surface area contributed by atoms with Crippen molar-refractivity contribution >= 4 is 17.8 Å². The summed E-state index contributed by atoms with van der Waals surface area (Å²) < 4.78 is 10.7. The molecule has 1 aromatic rings. The van der Waals surface area contributed by atoms with Crippen molar-refractivity contribution in [3.63, 3.8) is 0 Å². The van der Waals surface area contributed by atoms with Crippen LogP contribution < -0.4 is 14.8 Å². The van der Waals surface area contributed by atoms with Crippen LogP contribution in [-0.2, 0) is 9.59 Å². The van der Waals surface area contributed by atoms with E-state index in [1.165, 1.54) is 4.90 Å². The van der Waals surface area contributed by atoms with E-state index in [0.29, 0.717) is 24.5 Å². The fraction of sp³-hybridized carbons (Fsp3) is 0.471. The number of benzene rings is 1. The first kappa shape index (κ1) is 16.6. The molecule has 3 aliphatic heterocycles. The summed E-state index contributed by atoms with van der Waals surface area (Å²) in [6, 6.07) is 5.02. The van der Waals surface area contributed by atoms with Crippen molar-refractivity contribution in [2.24, 2.45) is 0 Å². The van der Waals surface area contributed by atoms with Crippen molar-refractivity contribution in [1.82, 2.24) is 15.1 Å². The molecule has 2 fully saturated rings. The molecular formula is C17H19N3O6. The van der Waals surface area contributed by atoms with Gasteiger partial charge >= 0.3 is 6.03 Å². The molecule has 2 N–H and O–H groups in total. The number of imide groups is 1. The van der Waals surface area contributed by atoms with Crippen molar-refractivity contribution in [3.8, 4) is 11.5 Å². The molecule has 0 spiro atoms. The quantitative estimate of drug-likeness (QED) is 0.712. The normalized spacial score (nSPS) is 24.8. The second kappa shape index (κ2) is 6.49. The summed E-state index contributed by atoms with van der Waals surface area (Å²) in [7, 11) is 0. The molecule has 0 saturated carbocycles. The lowest BCUT2D eigenvalue weighted by Gasteiger charge is -2.36. The monoisotopic (exact) mass is 361 g/mol. The number of amides is 4. The zero-order valence-electron chi connectivity index (χ0n) is 14.0. The summed E-state index contributed by atoms with van der Waals surface area (Å²) in [5, 5.41) is 12.9. The molecule has 9 nitrogen and oxygen atoms in total. The van der Waals surface area contributed by atoms with Crippen LogP contribution in [0.15, 0.2) is 18.2 Å². The first-order valence-corrected chi connectivity index (χ1v) is 8.46. The minimum atomic E-state index is -0.740. The maximum absolute atomic E-state index is 12.4. The largest absolute Gasteiger partial charge is 0.454 e. The Bertz CT molecular complexity index is 751. The van der Waals surface area contributed by atoms with Crippen molar-refractivity contribution < 1.29 is 29.0 Å². The molecule has 4 amide bonds. The van der Waals surface area contributed by atoms with E-state index in [-0.39, 0.29) is 38.3 Å². The zero-order valence-corrected chi connectivity index (χ0v) is 14.0. The van der Waals surface area contributed by atoms with Gasteiger partial charge in [-0.2, -0.15) is 0 Å². The number of carbonyl (C=O) groups is 3. The molecule has 4 rings (SSSR count). The van der Waals surface area contributed by atoms with Crippen molar-refractivity contribution in [3.05, 3.63) is 23.8 Å². The van der Waals surface area contributed by atoms with Crippen LogP contribution >= 0.6 is 0 Å². The SMILES string of the molecule is O=C(CN1C(=O)CNC1=O)N1CC[C@@H](c2ccc3c(c2)OCO3)[C@H](O)C1. The number of aliphatic hydroxyl groups is 1. The Morgan fingerprint density at radius 1 is 1.27 bits per heavy atom. The van der Waals surface area contributed by atoms with Crippen LogP contribution in [0.1, 0.15) is 17.9 Å². The number of likely N-dealkylation sites (tertiary alicyclic amines) is 1. The smallest absolute Gasteiger partial charge is 0.325 e. The summed E-state index contributed by atoms with van der Waals surface area (Å²) in [4.78, 5) is 37.9. The molecule has 9 heteroatoms. The van der Waals surface area contributed by atoms with Gasteiger partial charge in [-0.3, -0.25) is 14.5 Å². The molecule has 3 heterocycles. The maximum atomic E-state index is 12.4. The topological polar surface area (TPSA) is 108 Å². The predicted molar refractivity (Wildman–Crippen MR) is 87.6 cm³/mol. The van der Waals surface area contributed by atoms with E-state index < -0.39 is 18.0 Å². The Balaban J connectivity index is 1.39. The molecule has 0 aliphatic carbocycles. The van der Waals surface area contributed by atoms with Crippen LogP contribution in [-0.4, -0.2) is 71.8 Å². The molecule has 2 atom stereocenters.